The van der Waals surface area contributed by atoms with Gasteiger partial charge in [-0.2, -0.15) is 0 Å². The first-order valence-electron chi connectivity index (χ1n) is 6.84. The molecule has 0 saturated carbocycles. The number of rotatable bonds is 6. The smallest absolute Gasteiger partial charge is 0.269 e. The average molecular weight is 316 g/mol. The molecule has 0 unspecified atom stereocenters. The highest BCUT2D eigenvalue weighted by Gasteiger charge is 2.09. The van der Waals surface area contributed by atoms with Gasteiger partial charge in [0.25, 0.3) is 5.69 Å². The van der Waals surface area contributed by atoms with Crippen molar-refractivity contribution in [3.05, 3.63) is 68.4 Å². The summed E-state index contributed by atoms with van der Waals surface area (Å²) in [6.07, 6.45) is 3.17. The van der Waals surface area contributed by atoms with Crippen LogP contribution in [0.3, 0.4) is 0 Å². The zero-order chi connectivity index (χ0) is 15.9. The monoisotopic (exact) mass is 316 g/mol. The molecule has 0 aliphatic rings. The van der Waals surface area contributed by atoms with E-state index in [1.807, 2.05) is 24.4 Å². The first-order valence-corrected chi connectivity index (χ1v) is 7.72. The van der Waals surface area contributed by atoms with Gasteiger partial charge in [-0.15, -0.1) is 11.3 Å². The predicted molar refractivity (Wildman–Crippen MR) is 87.5 cm³/mol. The summed E-state index contributed by atoms with van der Waals surface area (Å²) in [5.41, 5.74) is 0.794. The zero-order valence-electron chi connectivity index (χ0n) is 12.1. The SMILES string of the molecule is CCN(Cc1cccs1)C(=O)C=Cc1ccc([N+](=O)[O-])cc1. The van der Waals surface area contributed by atoms with Crippen LogP contribution >= 0.6 is 11.3 Å². The number of hydrogen-bond donors (Lipinski definition) is 0. The fourth-order valence-corrected chi connectivity index (χ4v) is 2.64. The van der Waals surface area contributed by atoms with Crippen LogP contribution in [0.15, 0.2) is 47.9 Å². The molecular formula is C16H16N2O3S. The van der Waals surface area contributed by atoms with Crippen LogP contribution in [0.5, 0.6) is 0 Å². The highest BCUT2D eigenvalue weighted by atomic mass is 32.1. The first-order chi connectivity index (χ1) is 10.6. The third kappa shape index (κ3) is 4.26. The van der Waals surface area contributed by atoms with Gasteiger partial charge >= 0.3 is 0 Å². The lowest BCUT2D eigenvalue weighted by molar-refractivity contribution is -0.384. The van der Waals surface area contributed by atoms with Crippen molar-refractivity contribution in [1.29, 1.82) is 0 Å². The highest BCUT2D eigenvalue weighted by Crippen LogP contribution is 2.14. The molecule has 6 heteroatoms. The van der Waals surface area contributed by atoms with Gasteiger partial charge in [0.15, 0.2) is 0 Å². The molecule has 0 N–H and O–H groups in total. The molecule has 0 fully saturated rings. The summed E-state index contributed by atoms with van der Waals surface area (Å²) < 4.78 is 0. The van der Waals surface area contributed by atoms with Crippen molar-refractivity contribution in [1.82, 2.24) is 4.90 Å². The fourth-order valence-electron chi connectivity index (χ4n) is 1.92. The van der Waals surface area contributed by atoms with Gasteiger partial charge in [-0.25, -0.2) is 0 Å². The van der Waals surface area contributed by atoms with E-state index >= 15 is 0 Å². The van der Waals surface area contributed by atoms with Gasteiger partial charge < -0.3 is 4.90 Å². The molecule has 22 heavy (non-hydrogen) atoms. The van der Waals surface area contributed by atoms with E-state index in [1.54, 1.807) is 34.4 Å². The normalized spacial score (nSPS) is 10.8. The quantitative estimate of drug-likeness (QED) is 0.463. The summed E-state index contributed by atoms with van der Waals surface area (Å²) in [6, 6.07) is 10.1. The van der Waals surface area contributed by atoms with Gasteiger partial charge in [0, 0.05) is 29.6 Å². The average Bonchev–Trinajstić information content (AvgIpc) is 3.03. The van der Waals surface area contributed by atoms with Crippen molar-refractivity contribution in [2.24, 2.45) is 0 Å². The minimum atomic E-state index is -0.446. The molecule has 0 spiro atoms. The fraction of sp³-hybridized carbons (Fsp3) is 0.188. The second kappa shape index (κ2) is 7.51. The van der Waals surface area contributed by atoms with Gasteiger partial charge in [-0.1, -0.05) is 6.07 Å². The van der Waals surface area contributed by atoms with Crippen LogP contribution in [0.4, 0.5) is 5.69 Å². The molecule has 1 aromatic heterocycles. The van der Waals surface area contributed by atoms with Crippen LogP contribution < -0.4 is 0 Å². The maximum absolute atomic E-state index is 12.2. The van der Waals surface area contributed by atoms with E-state index in [2.05, 4.69) is 0 Å². The largest absolute Gasteiger partial charge is 0.334 e. The van der Waals surface area contributed by atoms with E-state index in [-0.39, 0.29) is 11.6 Å². The highest BCUT2D eigenvalue weighted by molar-refractivity contribution is 7.09. The Labute approximate surface area is 132 Å². The number of likely N-dealkylation sites (N-methyl/N-ethyl adjacent to an activating group) is 1. The van der Waals surface area contributed by atoms with E-state index in [4.69, 9.17) is 0 Å². The van der Waals surface area contributed by atoms with Gasteiger partial charge in [-0.3, -0.25) is 14.9 Å². The summed E-state index contributed by atoms with van der Waals surface area (Å²) in [4.78, 5) is 25.2. The molecule has 114 valence electrons. The van der Waals surface area contributed by atoms with Crippen molar-refractivity contribution >= 4 is 29.0 Å². The molecule has 0 saturated heterocycles. The number of nitro benzene ring substituents is 1. The van der Waals surface area contributed by atoms with Crippen LogP contribution in [-0.4, -0.2) is 22.3 Å². The number of benzene rings is 1. The third-order valence-corrected chi connectivity index (χ3v) is 4.00. The Hall–Kier alpha value is -2.47. The third-order valence-electron chi connectivity index (χ3n) is 3.14. The van der Waals surface area contributed by atoms with Gasteiger partial charge in [0.1, 0.15) is 0 Å². The van der Waals surface area contributed by atoms with Gasteiger partial charge in [0.05, 0.1) is 11.5 Å². The number of carbonyl (C=O) groups excluding carboxylic acids is 1. The standard InChI is InChI=1S/C16H16N2O3S/c1-2-17(12-15-4-3-11-22-15)16(19)10-7-13-5-8-14(9-6-13)18(20)21/h3-11H,2,12H2,1H3. The van der Waals surface area contributed by atoms with E-state index in [9.17, 15) is 14.9 Å². The molecule has 1 aromatic carbocycles. The van der Waals surface area contributed by atoms with E-state index in [0.29, 0.717) is 13.1 Å². The molecule has 2 rings (SSSR count). The molecule has 2 aromatic rings. The summed E-state index contributed by atoms with van der Waals surface area (Å²) in [6.45, 7) is 3.16. The minimum Gasteiger partial charge on any atom is -0.334 e. The van der Waals surface area contributed by atoms with Crippen LogP contribution in [0.2, 0.25) is 0 Å². The van der Waals surface area contributed by atoms with Crippen LogP contribution in [0, 0.1) is 10.1 Å². The summed E-state index contributed by atoms with van der Waals surface area (Å²) in [5, 5.41) is 12.6. The van der Waals surface area contributed by atoms with Crippen LogP contribution in [0.1, 0.15) is 17.4 Å². The molecule has 0 atom stereocenters. The van der Waals surface area contributed by atoms with Crippen LogP contribution in [0.25, 0.3) is 6.08 Å². The molecule has 0 aliphatic heterocycles. The molecule has 1 heterocycles. The number of nitro groups is 1. The van der Waals surface area contributed by atoms with Crippen molar-refractivity contribution in [2.45, 2.75) is 13.5 Å². The Morgan fingerprint density at radius 2 is 2.05 bits per heavy atom. The number of nitrogens with zero attached hydrogens (tertiary/aromatic N) is 2. The van der Waals surface area contributed by atoms with Crippen molar-refractivity contribution < 1.29 is 9.72 Å². The molecule has 0 radical (unpaired) electrons. The maximum atomic E-state index is 12.2. The summed E-state index contributed by atoms with van der Waals surface area (Å²) in [7, 11) is 0. The maximum Gasteiger partial charge on any atom is 0.269 e. The lowest BCUT2D eigenvalue weighted by atomic mass is 10.2. The Balaban J connectivity index is 2.01. The summed E-state index contributed by atoms with van der Waals surface area (Å²) in [5.74, 6) is -0.0748. The minimum absolute atomic E-state index is 0.0383. The van der Waals surface area contributed by atoms with Gasteiger partial charge in [-0.05, 0) is 42.1 Å². The predicted octanol–water partition coefficient (Wildman–Crippen LogP) is 3.72. The topological polar surface area (TPSA) is 63.5 Å². The Morgan fingerprint density at radius 3 is 2.59 bits per heavy atom. The van der Waals surface area contributed by atoms with Gasteiger partial charge in [0.2, 0.25) is 5.91 Å². The number of thiophene rings is 1. The van der Waals surface area contributed by atoms with Crippen LogP contribution in [-0.2, 0) is 11.3 Å². The number of non-ortho nitro benzene ring substituents is 1. The van der Waals surface area contributed by atoms with Crippen molar-refractivity contribution in [2.75, 3.05) is 6.54 Å². The van der Waals surface area contributed by atoms with E-state index in [0.717, 1.165) is 10.4 Å². The first kappa shape index (κ1) is 15.9. The number of carbonyl (C=O) groups is 1. The number of hydrogen-bond acceptors (Lipinski definition) is 4. The van der Waals surface area contributed by atoms with Crippen molar-refractivity contribution in [3.8, 4) is 0 Å². The molecule has 5 nitrogen and oxygen atoms in total. The Bertz CT molecular complexity index is 663. The molecule has 1 amide bonds. The lowest BCUT2D eigenvalue weighted by Crippen LogP contribution is -2.28. The Kier molecular flexibility index (Phi) is 5.43. The van der Waals surface area contributed by atoms with E-state index in [1.165, 1.54) is 18.2 Å². The molecule has 0 bridgehead atoms. The molecular weight excluding hydrogens is 300 g/mol. The number of amides is 1. The van der Waals surface area contributed by atoms with E-state index < -0.39 is 4.92 Å². The lowest BCUT2D eigenvalue weighted by Gasteiger charge is -2.18. The summed E-state index contributed by atoms with van der Waals surface area (Å²) >= 11 is 1.62. The molecule has 0 aliphatic carbocycles. The van der Waals surface area contributed by atoms with Crippen molar-refractivity contribution in [3.63, 3.8) is 0 Å². The Morgan fingerprint density at radius 1 is 1.32 bits per heavy atom. The zero-order valence-corrected chi connectivity index (χ0v) is 13.0. The second-order valence-corrected chi connectivity index (χ2v) is 5.65. The second-order valence-electron chi connectivity index (χ2n) is 4.61.